The van der Waals surface area contributed by atoms with Gasteiger partial charge in [0.05, 0.1) is 16.6 Å². The van der Waals surface area contributed by atoms with Crippen molar-refractivity contribution in [1.82, 2.24) is 5.32 Å². The lowest BCUT2D eigenvalue weighted by atomic mass is 10.0. The van der Waals surface area contributed by atoms with Gasteiger partial charge in [0.25, 0.3) is 5.91 Å². The Balaban J connectivity index is 2.94. The van der Waals surface area contributed by atoms with Crippen molar-refractivity contribution in [2.75, 3.05) is 0 Å². The predicted molar refractivity (Wildman–Crippen MR) is 72.6 cm³/mol. The van der Waals surface area contributed by atoms with Crippen LogP contribution in [0.2, 0.25) is 0 Å². The number of nitrogens with two attached hydrogens (primary N) is 1. The molecule has 18 heavy (non-hydrogen) atoms. The smallest absolute Gasteiger partial charge is 0.255 e. The van der Waals surface area contributed by atoms with Gasteiger partial charge in [0.1, 0.15) is 0 Å². The summed E-state index contributed by atoms with van der Waals surface area (Å²) in [5.41, 5.74) is 5.52. The summed E-state index contributed by atoms with van der Waals surface area (Å²) in [6.45, 7) is 3.73. The van der Waals surface area contributed by atoms with Crippen LogP contribution in [0.4, 0.5) is 0 Å². The quantitative estimate of drug-likeness (QED) is 0.485. The van der Waals surface area contributed by atoms with Gasteiger partial charge in [0.15, 0.2) is 11.5 Å². The fraction of sp³-hybridized carbons (Fsp3) is 0.333. The monoisotopic (exact) mass is 268 g/mol. The van der Waals surface area contributed by atoms with Crippen molar-refractivity contribution in [1.29, 1.82) is 0 Å². The highest BCUT2D eigenvalue weighted by atomic mass is 32.1. The first kappa shape index (κ1) is 14.2. The molecule has 0 radical (unpaired) electrons. The Morgan fingerprint density at radius 2 is 2.00 bits per heavy atom. The first-order valence-electron chi connectivity index (χ1n) is 5.45. The molecule has 0 saturated heterocycles. The highest BCUT2D eigenvalue weighted by Crippen LogP contribution is 2.28. The molecule has 6 heteroatoms. The summed E-state index contributed by atoms with van der Waals surface area (Å²) in [6, 6.07) is 3.70. The second-order valence-electron chi connectivity index (χ2n) is 4.27. The van der Waals surface area contributed by atoms with Crippen LogP contribution in [0.25, 0.3) is 0 Å². The van der Waals surface area contributed by atoms with E-state index in [2.05, 4.69) is 5.32 Å². The van der Waals surface area contributed by atoms with E-state index < -0.39 is 17.7 Å². The topological polar surface area (TPSA) is 95.6 Å². The standard InChI is InChI=1S/C12H16N2O3S/c1-6(2)9(11(13)18)14-12(17)7-4-3-5-8(15)10(7)16/h3-6,9,15-16H,1-2H3,(H2,13,18)(H,14,17). The molecule has 0 aliphatic heterocycles. The molecule has 0 heterocycles. The van der Waals surface area contributed by atoms with Gasteiger partial charge in [-0.15, -0.1) is 0 Å². The summed E-state index contributed by atoms with van der Waals surface area (Å²) < 4.78 is 0. The molecule has 1 aromatic rings. The van der Waals surface area contributed by atoms with Crippen LogP contribution in [0.5, 0.6) is 11.5 Å². The minimum Gasteiger partial charge on any atom is -0.504 e. The Morgan fingerprint density at radius 3 is 2.50 bits per heavy atom. The van der Waals surface area contributed by atoms with Gasteiger partial charge in [-0.1, -0.05) is 32.1 Å². The Hall–Kier alpha value is -1.82. The van der Waals surface area contributed by atoms with Gasteiger partial charge in [-0.2, -0.15) is 0 Å². The Kier molecular flexibility index (Phi) is 4.49. The molecule has 1 atom stereocenters. The molecule has 1 rings (SSSR count). The van der Waals surface area contributed by atoms with E-state index in [0.29, 0.717) is 0 Å². The summed E-state index contributed by atoms with van der Waals surface area (Å²) in [5.74, 6) is -1.31. The van der Waals surface area contributed by atoms with E-state index in [0.717, 1.165) is 0 Å². The zero-order valence-electron chi connectivity index (χ0n) is 10.2. The largest absolute Gasteiger partial charge is 0.504 e. The second-order valence-corrected chi connectivity index (χ2v) is 4.74. The second kappa shape index (κ2) is 5.68. The van der Waals surface area contributed by atoms with E-state index in [1.54, 1.807) is 0 Å². The van der Waals surface area contributed by atoms with Crippen molar-refractivity contribution in [3.05, 3.63) is 23.8 Å². The fourth-order valence-electron chi connectivity index (χ4n) is 1.50. The minimum atomic E-state index is -0.532. The number of carbonyl (C=O) groups is 1. The number of carbonyl (C=O) groups excluding carboxylic acids is 1. The van der Waals surface area contributed by atoms with Gasteiger partial charge in [-0.25, -0.2) is 0 Å². The first-order valence-corrected chi connectivity index (χ1v) is 5.86. The summed E-state index contributed by atoms with van der Waals surface area (Å²) in [5, 5.41) is 21.5. The van der Waals surface area contributed by atoms with Crippen LogP contribution in [0, 0.1) is 5.92 Å². The number of amides is 1. The minimum absolute atomic E-state index is 0.0168. The number of phenols is 2. The van der Waals surface area contributed by atoms with Gasteiger partial charge in [-0.3, -0.25) is 4.79 Å². The molecular formula is C12H16N2O3S. The lowest BCUT2D eigenvalue weighted by Crippen LogP contribution is -2.46. The van der Waals surface area contributed by atoms with Crippen molar-refractivity contribution in [3.63, 3.8) is 0 Å². The number of aromatic hydroxyl groups is 2. The number of phenolic OH excluding ortho intramolecular Hbond substituents is 2. The first-order chi connectivity index (χ1) is 8.34. The van der Waals surface area contributed by atoms with Gasteiger partial charge in [-0.05, 0) is 18.1 Å². The van der Waals surface area contributed by atoms with Crippen LogP contribution in [0.3, 0.4) is 0 Å². The van der Waals surface area contributed by atoms with E-state index in [1.807, 2.05) is 13.8 Å². The highest BCUT2D eigenvalue weighted by Gasteiger charge is 2.21. The van der Waals surface area contributed by atoms with E-state index in [1.165, 1.54) is 18.2 Å². The molecule has 0 saturated carbocycles. The number of benzene rings is 1. The average molecular weight is 268 g/mol. The molecule has 0 spiro atoms. The van der Waals surface area contributed by atoms with E-state index >= 15 is 0 Å². The molecule has 1 unspecified atom stereocenters. The fourth-order valence-corrected chi connectivity index (χ4v) is 1.83. The summed E-state index contributed by atoms with van der Waals surface area (Å²) in [7, 11) is 0. The van der Waals surface area contributed by atoms with Crippen LogP contribution < -0.4 is 11.1 Å². The van der Waals surface area contributed by atoms with Crippen LogP contribution in [0.1, 0.15) is 24.2 Å². The van der Waals surface area contributed by atoms with Gasteiger partial charge >= 0.3 is 0 Å². The molecule has 0 fully saturated rings. The summed E-state index contributed by atoms with van der Waals surface area (Å²) >= 11 is 4.87. The van der Waals surface area contributed by atoms with Crippen LogP contribution in [-0.2, 0) is 0 Å². The van der Waals surface area contributed by atoms with Crippen molar-refractivity contribution < 1.29 is 15.0 Å². The number of thiocarbonyl (C=S) groups is 1. The van der Waals surface area contributed by atoms with Crippen molar-refractivity contribution >= 4 is 23.1 Å². The molecular weight excluding hydrogens is 252 g/mol. The molecule has 98 valence electrons. The molecule has 5 N–H and O–H groups in total. The number of hydrogen-bond acceptors (Lipinski definition) is 4. The zero-order chi connectivity index (χ0) is 13.9. The molecule has 1 aromatic carbocycles. The maximum atomic E-state index is 11.9. The number of hydrogen-bond donors (Lipinski definition) is 4. The number of rotatable bonds is 4. The van der Waals surface area contributed by atoms with Gasteiger partial charge < -0.3 is 21.3 Å². The van der Waals surface area contributed by atoms with Crippen LogP contribution in [-0.4, -0.2) is 27.2 Å². The number of nitrogens with one attached hydrogen (secondary N) is 1. The lowest BCUT2D eigenvalue weighted by molar-refractivity contribution is 0.0936. The van der Waals surface area contributed by atoms with E-state index in [-0.39, 0.29) is 22.2 Å². The Morgan fingerprint density at radius 1 is 1.39 bits per heavy atom. The summed E-state index contributed by atoms with van der Waals surface area (Å²) in [4.78, 5) is 12.1. The van der Waals surface area contributed by atoms with E-state index in [9.17, 15) is 15.0 Å². The molecule has 0 aliphatic rings. The Labute approximate surface area is 111 Å². The molecule has 0 aromatic heterocycles. The molecule has 0 bridgehead atoms. The third kappa shape index (κ3) is 3.10. The third-order valence-electron chi connectivity index (χ3n) is 2.52. The van der Waals surface area contributed by atoms with Crippen molar-refractivity contribution in [3.8, 4) is 11.5 Å². The maximum Gasteiger partial charge on any atom is 0.255 e. The van der Waals surface area contributed by atoms with E-state index in [4.69, 9.17) is 18.0 Å². The summed E-state index contributed by atoms with van der Waals surface area (Å²) in [6.07, 6.45) is 0. The lowest BCUT2D eigenvalue weighted by Gasteiger charge is -2.21. The van der Waals surface area contributed by atoms with Gasteiger partial charge in [0.2, 0.25) is 0 Å². The molecule has 5 nitrogen and oxygen atoms in total. The predicted octanol–water partition coefficient (Wildman–Crippen LogP) is 1.14. The molecule has 0 aliphatic carbocycles. The normalized spacial score (nSPS) is 12.2. The van der Waals surface area contributed by atoms with Gasteiger partial charge in [0, 0.05) is 0 Å². The number of para-hydroxylation sites is 1. The average Bonchev–Trinajstić information content (AvgIpc) is 2.28. The SMILES string of the molecule is CC(C)C(NC(=O)c1cccc(O)c1O)C(N)=S. The zero-order valence-corrected chi connectivity index (χ0v) is 11.0. The molecule has 1 amide bonds. The van der Waals surface area contributed by atoms with Crippen molar-refractivity contribution in [2.24, 2.45) is 11.7 Å². The van der Waals surface area contributed by atoms with Crippen LogP contribution >= 0.6 is 12.2 Å². The van der Waals surface area contributed by atoms with Crippen LogP contribution in [0.15, 0.2) is 18.2 Å². The highest BCUT2D eigenvalue weighted by molar-refractivity contribution is 7.80. The Bertz CT molecular complexity index is 474. The van der Waals surface area contributed by atoms with Crippen molar-refractivity contribution in [2.45, 2.75) is 19.9 Å². The third-order valence-corrected chi connectivity index (χ3v) is 2.77. The maximum absolute atomic E-state index is 11.9.